The number of aryl methyl sites for hydroxylation is 1. The summed E-state index contributed by atoms with van der Waals surface area (Å²) in [5.74, 6) is 1.66. The molecule has 0 N–H and O–H groups in total. The topological polar surface area (TPSA) is 27.7 Å². The highest BCUT2D eigenvalue weighted by Crippen LogP contribution is 2.31. The Labute approximate surface area is 148 Å². The Kier molecular flexibility index (Phi) is 8.08. The lowest BCUT2D eigenvalue weighted by Crippen LogP contribution is -2.18. The molecule has 138 valence electrons. The van der Waals surface area contributed by atoms with E-state index >= 15 is 0 Å². The lowest BCUT2D eigenvalue weighted by molar-refractivity contribution is 0.134. The van der Waals surface area contributed by atoms with Crippen LogP contribution in [0.3, 0.4) is 0 Å². The van der Waals surface area contributed by atoms with Crippen LogP contribution in [0.25, 0.3) is 0 Å². The number of benzene rings is 1. The number of hydrogen-bond acceptors (Lipinski definition) is 3. The highest BCUT2D eigenvalue weighted by molar-refractivity contribution is 5.43. The summed E-state index contributed by atoms with van der Waals surface area (Å²) in [5, 5.41) is 0. The van der Waals surface area contributed by atoms with Crippen molar-refractivity contribution < 1.29 is 14.2 Å². The summed E-state index contributed by atoms with van der Waals surface area (Å²) < 4.78 is 16.7. The molecule has 1 aromatic carbocycles. The van der Waals surface area contributed by atoms with Gasteiger partial charge in [0.25, 0.3) is 0 Å². The lowest BCUT2D eigenvalue weighted by atomic mass is 9.86. The van der Waals surface area contributed by atoms with Gasteiger partial charge in [0, 0.05) is 13.7 Å². The fourth-order valence-corrected chi connectivity index (χ4v) is 2.45. The van der Waals surface area contributed by atoms with Gasteiger partial charge in [-0.2, -0.15) is 0 Å². The molecular weight excluding hydrogens is 300 g/mol. The molecule has 3 heteroatoms. The van der Waals surface area contributed by atoms with Gasteiger partial charge in [-0.25, -0.2) is 0 Å². The van der Waals surface area contributed by atoms with E-state index in [4.69, 9.17) is 14.2 Å². The van der Waals surface area contributed by atoms with Crippen LogP contribution in [0.5, 0.6) is 11.5 Å². The van der Waals surface area contributed by atoms with Gasteiger partial charge in [0.2, 0.25) is 0 Å². The standard InChI is InChI=1S/C21H36O3/c1-20(2,3)11-10-17-8-9-18(23-7)19(16-17)24-15-13-21(4,5)12-14-22-6/h8-9,16H,10-15H2,1-7H3. The average molecular weight is 337 g/mol. The predicted molar refractivity (Wildman–Crippen MR) is 101 cm³/mol. The van der Waals surface area contributed by atoms with Gasteiger partial charge in [0.1, 0.15) is 0 Å². The molecule has 0 atom stereocenters. The summed E-state index contributed by atoms with van der Waals surface area (Å²) in [5.41, 5.74) is 1.86. The Bertz CT molecular complexity index is 486. The summed E-state index contributed by atoms with van der Waals surface area (Å²) in [4.78, 5) is 0. The van der Waals surface area contributed by atoms with Gasteiger partial charge >= 0.3 is 0 Å². The molecule has 0 aliphatic carbocycles. The molecule has 1 aromatic rings. The molecule has 0 amide bonds. The van der Waals surface area contributed by atoms with Gasteiger partial charge in [-0.15, -0.1) is 0 Å². The smallest absolute Gasteiger partial charge is 0.161 e. The zero-order chi connectivity index (χ0) is 18.2. The first-order chi connectivity index (χ1) is 11.2. The third-order valence-corrected chi connectivity index (χ3v) is 4.41. The number of ether oxygens (including phenoxy) is 3. The molecule has 0 spiro atoms. The average Bonchev–Trinajstić information content (AvgIpc) is 2.50. The van der Waals surface area contributed by atoms with Gasteiger partial charge < -0.3 is 14.2 Å². The van der Waals surface area contributed by atoms with E-state index in [0.717, 1.165) is 43.8 Å². The molecule has 0 saturated heterocycles. The van der Waals surface area contributed by atoms with E-state index in [0.29, 0.717) is 12.0 Å². The van der Waals surface area contributed by atoms with Gasteiger partial charge in [-0.1, -0.05) is 40.7 Å². The first-order valence-corrected chi connectivity index (χ1v) is 8.95. The second-order valence-corrected chi connectivity index (χ2v) is 8.55. The van der Waals surface area contributed by atoms with Crippen LogP contribution in [0.15, 0.2) is 18.2 Å². The van der Waals surface area contributed by atoms with Gasteiger partial charge in [-0.3, -0.25) is 0 Å². The molecule has 24 heavy (non-hydrogen) atoms. The van der Waals surface area contributed by atoms with Crippen molar-refractivity contribution in [2.24, 2.45) is 10.8 Å². The van der Waals surface area contributed by atoms with E-state index in [9.17, 15) is 0 Å². The summed E-state index contributed by atoms with van der Waals surface area (Å²) in [7, 11) is 3.44. The molecule has 0 aliphatic rings. The van der Waals surface area contributed by atoms with E-state index in [1.165, 1.54) is 5.56 Å². The quantitative estimate of drug-likeness (QED) is 0.564. The maximum atomic E-state index is 6.05. The van der Waals surface area contributed by atoms with Gasteiger partial charge in [0.05, 0.1) is 13.7 Å². The Balaban J connectivity index is 2.65. The SMILES string of the molecule is COCCC(C)(C)CCOc1cc(CCC(C)(C)C)ccc1OC. The maximum absolute atomic E-state index is 6.05. The highest BCUT2D eigenvalue weighted by Gasteiger charge is 2.18. The summed E-state index contributed by atoms with van der Waals surface area (Å²) >= 11 is 0. The van der Waals surface area contributed by atoms with Crippen molar-refractivity contribution in [2.45, 2.75) is 60.3 Å². The van der Waals surface area contributed by atoms with Crippen molar-refractivity contribution in [3.05, 3.63) is 23.8 Å². The van der Waals surface area contributed by atoms with E-state index in [2.05, 4.69) is 46.8 Å². The second kappa shape index (κ2) is 9.31. The second-order valence-electron chi connectivity index (χ2n) is 8.55. The van der Waals surface area contributed by atoms with Crippen LogP contribution < -0.4 is 9.47 Å². The van der Waals surface area contributed by atoms with Crippen molar-refractivity contribution in [2.75, 3.05) is 27.4 Å². The van der Waals surface area contributed by atoms with Crippen molar-refractivity contribution >= 4 is 0 Å². The van der Waals surface area contributed by atoms with Crippen LogP contribution in [-0.4, -0.2) is 27.4 Å². The van der Waals surface area contributed by atoms with Gasteiger partial charge in [0.15, 0.2) is 11.5 Å². The Morgan fingerprint density at radius 1 is 0.833 bits per heavy atom. The molecule has 0 aliphatic heterocycles. The fourth-order valence-electron chi connectivity index (χ4n) is 2.45. The Morgan fingerprint density at radius 2 is 1.50 bits per heavy atom. The molecular formula is C21H36O3. The summed E-state index contributed by atoms with van der Waals surface area (Å²) in [6.07, 6.45) is 4.24. The first-order valence-electron chi connectivity index (χ1n) is 8.95. The minimum Gasteiger partial charge on any atom is -0.493 e. The van der Waals surface area contributed by atoms with Gasteiger partial charge in [-0.05, 0) is 54.2 Å². The van der Waals surface area contributed by atoms with Crippen LogP contribution in [-0.2, 0) is 11.2 Å². The molecule has 0 bridgehead atoms. The van der Waals surface area contributed by atoms with Crippen LogP contribution in [0.1, 0.15) is 59.4 Å². The maximum Gasteiger partial charge on any atom is 0.161 e. The molecule has 0 saturated carbocycles. The largest absolute Gasteiger partial charge is 0.493 e. The molecule has 1 rings (SSSR count). The fraction of sp³-hybridized carbons (Fsp3) is 0.714. The highest BCUT2D eigenvalue weighted by atomic mass is 16.5. The summed E-state index contributed by atoms with van der Waals surface area (Å²) in [6.45, 7) is 12.8. The molecule has 0 unspecified atom stereocenters. The van der Waals surface area contributed by atoms with E-state index < -0.39 is 0 Å². The lowest BCUT2D eigenvalue weighted by Gasteiger charge is -2.24. The zero-order valence-electron chi connectivity index (χ0n) is 16.7. The number of methoxy groups -OCH3 is 2. The first kappa shape index (κ1) is 20.8. The van der Waals surface area contributed by atoms with Crippen LogP contribution in [0, 0.1) is 10.8 Å². The van der Waals surface area contributed by atoms with E-state index in [-0.39, 0.29) is 5.41 Å². The predicted octanol–water partition coefficient (Wildman–Crippen LogP) is 5.51. The minimum atomic E-state index is 0.215. The van der Waals surface area contributed by atoms with Crippen LogP contribution in [0.2, 0.25) is 0 Å². The molecule has 0 heterocycles. The zero-order valence-corrected chi connectivity index (χ0v) is 16.7. The third-order valence-electron chi connectivity index (χ3n) is 4.41. The normalized spacial score (nSPS) is 12.3. The summed E-state index contributed by atoms with van der Waals surface area (Å²) in [6, 6.07) is 6.29. The Hall–Kier alpha value is -1.22. The van der Waals surface area contributed by atoms with Crippen molar-refractivity contribution in [3.63, 3.8) is 0 Å². The van der Waals surface area contributed by atoms with Crippen molar-refractivity contribution in [1.82, 2.24) is 0 Å². The van der Waals surface area contributed by atoms with E-state index in [1.54, 1.807) is 14.2 Å². The molecule has 0 aromatic heterocycles. The van der Waals surface area contributed by atoms with Crippen LogP contribution in [0.4, 0.5) is 0 Å². The van der Waals surface area contributed by atoms with Crippen molar-refractivity contribution in [1.29, 1.82) is 0 Å². The Morgan fingerprint density at radius 3 is 2.08 bits per heavy atom. The molecule has 0 radical (unpaired) electrons. The molecule has 3 nitrogen and oxygen atoms in total. The van der Waals surface area contributed by atoms with E-state index in [1.807, 2.05) is 6.07 Å². The number of rotatable bonds is 10. The minimum absolute atomic E-state index is 0.215. The monoisotopic (exact) mass is 336 g/mol. The number of hydrogen-bond donors (Lipinski definition) is 0. The van der Waals surface area contributed by atoms with Crippen LogP contribution >= 0.6 is 0 Å². The van der Waals surface area contributed by atoms with Crippen molar-refractivity contribution in [3.8, 4) is 11.5 Å². The third kappa shape index (κ3) is 8.05. The molecule has 0 fully saturated rings.